The van der Waals surface area contributed by atoms with Gasteiger partial charge in [0.15, 0.2) is 0 Å². The number of nitriles is 1. The number of benzene rings is 1. The van der Waals surface area contributed by atoms with Crippen LogP contribution in [0, 0.1) is 14.9 Å². The first-order valence-electron chi connectivity index (χ1n) is 4.59. The van der Waals surface area contributed by atoms with Gasteiger partial charge < -0.3 is 9.47 Å². The lowest BCUT2D eigenvalue weighted by Crippen LogP contribution is -2.08. The fourth-order valence-electron chi connectivity index (χ4n) is 1.21. The normalized spacial score (nSPS) is 9.38. The molecule has 0 saturated carbocycles. The van der Waals surface area contributed by atoms with Gasteiger partial charge in [-0.05, 0) is 41.6 Å². The third-order valence-corrected chi connectivity index (χ3v) is 2.99. The molecule has 1 aromatic carbocycles. The molecule has 0 unspecified atom stereocenters. The van der Waals surface area contributed by atoms with Gasteiger partial charge in [0, 0.05) is 0 Å². The van der Waals surface area contributed by atoms with Crippen molar-refractivity contribution in [2.24, 2.45) is 0 Å². The van der Waals surface area contributed by atoms with Crippen LogP contribution in [-0.4, -0.2) is 19.7 Å². The number of methoxy groups -OCH3 is 1. The van der Waals surface area contributed by atoms with Crippen LogP contribution in [0.3, 0.4) is 0 Å². The molecule has 0 aliphatic heterocycles. The zero-order chi connectivity index (χ0) is 12.1. The molecule has 1 rings (SSSR count). The molecule has 5 heteroatoms. The van der Waals surface area contributed by atoms with Gasteiger partial charge in [0.1, 0.15) is 17.4 Å². The molecule has 0 spiro atoms. The van der Waals surface area contributed by atoms with Crippen LogP contribution >= 0.6 is 22.6 Å². The van der Waals surface area contributed by atoms with Crippen molar-refractivity contribution >= 4 is 28.6 Å². The predicted octanol–water partition coefficient (Wildman–Crippen LogP) is 2.35. The summed E-state index contributed by atoms with van der Waals surface area (Å²) in [6, 6.07) is 5.15. The summed E-state index contributed by atoms with van der Waals surface area (Å²) in [5.74, 6) is -0.0557. The van der Waals surface area contributed by atoms with Gasteiger partial charge in [-0.15, -0.1) is 0 Å². The second-order valence-corrected chi connectivity index (χ2v) is 3.92. The van der Waals surface area contributed by atoms with E-state index >= 15 is 0 Å². The number of hydrogen-bond donors (Lipinski definition) is 0. The number of esters is 1. The molecule has 16 heavy (non-hydrogen) atoms. The van der Waals surface area contributed by atoms with Crippen LogP contribution in [0.5, 0.6) is 5.75 Å². The standard InChI is InChI=1S/C11H10INO3/c1-3-16-11(14)8-5-4-7(6-13)9(12)10(8)15-2/h4-5H,3H2,1-2H3. The third-order valence-electron chi connectivity index (χ3n) is 1.92. The van der Waals surface area contributed by atoms with Gasteiger partial charge in [0.25, 0.3) is 0 Å². The lowest BCUT2D eigenvalue weighted by atomic mass is 10.1. The molecular formula is C11H10INO3. The molecule has 0 saturated heterocycles. The zero-order valence-corrected chi connectivity index (χ0v) is 11.1. The Balaban J connectivity index is 3.27. The van der Waals surface area contributed by atoms with E-state index in [9.17, 15) is 4.79 Å². The van der Waals surface area contributed by atoms with E-state index in [2.05, 4.69) is 0 Å². The number of hydrogen-bond acceptors (Lipinski definition) is 4. The maximum absolute atomic E-state index is 11.6. The predicted molar refractivity (Wildman–Crippen MR) is 66.4 cm³/mol. The second kappa shape index (κ2) is 5.70. The highest BCUT2D eigenvalue weighted by Gasteiger charge is 2.18. The summed E-state index contributed by atoms with van der Waals surface area (Å²) >= 11 is 1.97. The molecule has 0 heterocycles. The third kappa shape index (κ3) is 2.44. The average Bonchev–Trinajstić information content (AvgIpc) is 2.28. The highest BCUT2D eigenvalue weighted by molar-refractivity contribution is 14.1. The Hall–Kier alpha value is -1.29. The fourth-order valence-corrected chi connectivity index (χ4v) is 2.02. The Morgan fingerprint density at radius 1 is 1.56 bits per heavy atom. The zero-order valence-electron chi connectivity index (χ0n) is 8.91. The molecule has 0 radical (unpaired) electrons. The van der Waals surface area contributed by atoms with Crippen LogP contribution in [0.2, 0.25) is 0 Å². The van der Waals surface area contributed by atoms with Crippen molar-refractivity contribution in [2.75, 3.05) is 13.7 Å². The lowest BCUT2D eigenvalue weighted by molar-refractivity contribution is 0.0522. The van der Waals surface area contributed by atoms with Crippen molar-refractivity contribution in [3.8, 4) is 11.8 Å². The number of carbonyl (C=O) groups is 1. The van der Waals surface area contributed by atoms with Crippen molar-refractivity contribution in [3.05, 3.63) is 26.8 Å². The van der Waals surface area contributed by atoms with E-state index in [-0.39, 0.29) is 0 Å². The maximum Gasteiger partial charge on any atom is 0.341 e. The molecule has 0 atom stereocenters. The number of halogens is 1. The van der Waals surface area contributed by atoms with E-state index in [1.54, 1.807) is 13.0 Å². The molecule has 0 bridgehead atoms. The Morgan fingerprint density at radius 3 is 2.75 bits per heavy atom. The lowest BCUT2D eigenvalue weighted by Gasteiger charge is -2.10. The highest BCUT2D eigenvalue weighted by Crippen LogP contribution is 2.29. The first-order chi connectivity index (χ1) is 7.65. The molecule has 4 nitrogen and oxygen atoms in total. The SMILES string of the molecule is CCOC(=O)c1ccc(C#N)c(I)c1OC. The molecule has 84 valence electrons. The van der Waals surface area contributed by atoms with Crippen LogP contribution in [0.15, 0.2) is 12.1 Å². The molecule has 0 aromatic heterocycles. The minimum absolute atomic E-state index is 0.304. The first-order valence-corrected chi connectivity index (χ1v) is 5.67. The Labute approximate surface area is 107 Å². The number of ether oxygens (including phenoxy) is 2. The van der Waals surface area contributed by atoms with Crippen LogP contribution in [-0.2, 0) is 4.74 Å². The summed E-state index contributed by atoms with van der Waals surface area (Å²) in [6.07, 6.45) is 0. The molecule has 0 aliphatic rings. The van der Waals surface area contributed by atoms with Crippen molar-refractivity contribution < 1.29 is 14.3 Å². The van der Waals surface area contributed by atoms with Gasteiger partial charge in [-0.25, -0.2) is 4.79 Å². The van der Waals surface area contributed by atoms with Gasteiger partial charge in [-0.3, -0.25) is 0 Å². The molecular weight excluding hydrogens is 321 g/mol. The van der Waals surface area contributed by atoms with Gasteiger partial charge in [-0.2, -0.15) is 5.26 Å². The van der Waals surface area contributed by atoms with E-state index in [0.717, 1.165) is 0 Å². The summed E-state index contributed by atoms with van der Waals surface area (Å²) in [4.78, 5) is 11.6. The molecule has 0 aliphatic carbocycles. The topological polar surface area (TPSA) is 59.3 Å². The van der Waals surface area contributed by atoms with E-state index in [4.69, 9.17) is 14.7 Å². The summed E-state index contributed by atoms with van der Waals surface area (Å²) in [5.41, 5.74) is 0.818. The summed E-state index contributed by atoms with van der Waals surface area (Å²) < 4.78 is 10.6. The fraction of sp³-hybridized carbons (Fsp3) is 0.273. The van der Waals surface area contributed by atoms with Crippen LogP contribution in [0.1, 0.15) is 22.8 Å². The van der Waals surface area contributed by atoms with E-state index in [0.29, 0.717) is 27.1 Å². The number of nitrogens with zero attached hydrogens (tertiary/aromatic N) is 1. The van der Waals surface area contributed by atoms with Crippen LogP contribution in [0.25, 0.3) is 0 Å². The second-order valence-electron chi connectivity index (χ2n) is 2.84. The maximum atomic E-state index is 11.6. The Kier molecular flexibility index (Phi) is 4.55. The smallest absolute Gasteiger partial charge is 0.341 e. The molecule has 0 amide bonds. The van der Waals surface area contributed by atoms with Crippen molar-refractivity contribution in [2.45, 2.75) is 6.92 Å². The summed E-state index contributed by atoms with van der Waals surface area (Å²) in [7, 11) is 1.46. The van der Waals surface area contributed by atoms with E-state index in [1.165, 1.54) is 13.2 Å². The Morgan fingerprint density at radius 2 is 2.25 bits per heavy atom. The van der Waals surface area contributed by atoms with Crippen molar-refractivity contribution in [1.82, 2.24) is 0 Å². The first kappa shape index (κ1) is 12.8. The van der Waals surface area contributed by atoms with Crippen LogP contribution in [0.4, 0.5) is 0 Å². The molecule has 0 N–H and O–H groups in total. The minimum atomic E-state index is -0.443. The molecule has 1 aromatic rings. The van der Waals surface area contributed by atoms with Gasteiger partial charge in [-0.1, -0.05) is 0 Å². The number of rotatable bonds is 3. The van der Waals surface area contributed by atoms with Gasteiger partial charge in [0.2, 0.25) is 0 Å². The highest BCUT2D eigenvalue weighted by atomic mass is 127. The molecule has 0 fully saturated rings. The largest absolute Gasteiger partial charge is 0.495 e. The Bertz CT molecular complexity index is 451. The van der Waals surface area contributed by atoms with Crippen molar-refractivity contribution in [3.63, 3.8) is 0 Å². The number of carbonyl (C=O) groups excluding carboxylic acids is 1. The van der Waals surface area contributed by atoms with Crippen molar-refractivity contribution in [1.29, 1.82) is 5.26 Å². The minimum Gasteiger partial charge on any atom is -0.495 e. The van der Waals surface area contributed by atoms with E-state index < -0.39 is 5.97 Å². The summed E-state index contributed by atoms with van der Waals surface area (Å²) in [6.45, 7) is 2.04. The average molecular weight is 331 g/mol. The van der Waals surface area contributed by atoms with Gasteiger partial charge in [0.05, 0.1) is 22.9 Å². The van der Waals surface area contributed by atoms with Gasteiger partial charge >= 0.3 is 5.97 Å². The summed E-state index contributed by atoms with van der Waals surface area (Å²) in [5, 5.41) is 8.84. The monoisotopic (exact) mass is 331 g/mol. The quantitative estimate of drug-likeness (QED) is 0.630. The van der Waals surface area contributed by atoms with E-state index in [1.807, 2.05) is 28.7 Å². The van der Waals surface area contributed by atoms with Crippen LogP contribution < -0.4 is 4.74 Å².